The summed E-state index contributed by atoms with van der Waals surface area (Å²) in [6.07, 6.45) is 4.78. The monoisotopic (exact) mass is 319 g/mol. The molecule has 3 rings (SSSR count). The van der Waals surface area contributed by atoms with E-state index in [-0.39, 0.29) is 12.1 Å². The summed E-state index contributed by atoms with van der Waals surface area (Å²) in [5.74, 6) is 0.955. The van der Waals surface area contributed by atoms with Gasteiger partial charge in [0.15, 0.2) is 0 Å². The van der Waals surface area contributed by atoms with Crippen LogP contribution in [0.15, 0.2) is 35.5 Å². The summed E-state index contributed by atoms with van der Waals surface area (Å²) in [5.41, 5.74) is 0.627. The summed E-state index contributed by atoms with van der Waals surface area (Å²) >= 11 is 0. The number of nitrogens with zero attached hydrogens (tertiary/aromatic N) is 3. The van der Waals surface area contributed by atoms with Crippen molar-refractivity contribution < 1.29 is 9.00 Å². The van der Waals surface area contributed by atoms with Gasteiger partial charge < -0.3 is 10.6 Å². The fourth-order valence-electron chi connectivity index (χ4n) is 2.46. The standard InChI is InChI=1S/C14H17N5O2S/c1-22(21)12-4-2-3-10(7-12)17-14(20)18-11-5-6-13-15-9-16-19(13)8-11/h2-4,7,9,11H,5-6,8H2,1H3,(H2,17,18,20). The molecular formula is C14H17N5O2S. The molecule has 0 bridgehead atoms. The number of anilines is 1. The second kappa shape index (κ2) is 6.27. The molecular weight excluding hydrogens is 302 g/mol. The van der Waals surface area contributed by atoms with Crippen molar-refractivity contribution in [3.8, 4) is 0 Å². The number of carbonyl (C=O) groups excluding carboxylic acids is 1. The number of carbonyl (C=O) groups is 1. The zero-order valence-electron chi connectivity index (χ0n) is 12.2. The zero-order valence-corrected chi connectivity index (χ0v) is 13.0. The zero-order chi connectivity index (χ0) is 15.5. The fraction of sp³-hybridized carbons (Fsp3) is 0.357. The van der Waals surface area contributed by atoms with Crippen molar-refractivity contribution in [1.82, 2.24) is 20.1 Å². The number of hydrogen-bond donors (Lipinski definition) is 2. The van der Waals surface area contributed by atoms with Crippen LogP contribution in [0.1, 0.15) is 12.2 Å². The van der Waals surface area contributed by atoms with Crippen LogP contribution in [-0.4, -0.2) is 37.3 Å². The lowest BCUT2D eigenvalue weighted by molar-refractivity contribution is 0.243. The number of rotatable bonds is 3. The molecule has 0 saturated carbocycles. The van der Waals surface area contributed by atoms with E-state index in [1.165, 1.54) is 6.33 Å². The highest BCUT2D eigenvalue weighted by atomic mass is 32.2. The van der Waals surface area contributed by atoms with Gasteiger partial charge in [-0.2, -0.15) is 5.10 Å². The van der Waals surface area contributed by atoms with Crippen molar-refractivity contribution >= 4 is 22.5 Å². The predicted octanol–water partition coefficient (Wildman–Crippen LogP) is 1.15. The first kappa shape index (κ1) is 14.7. The Labute approximate surface area is 130 Å². The largest absolute Gasteiger partial charge is 0.333 e. The van der Waals surface area contributed by atoms with Crippen molar-refractivity contribution in [3.05, 3.63) is 36.4 Å². The van der Waals surface area contributed by atoms with Crippen molar-refractivity contribution in [1.29, 1.82) is 0 Å². The number of aromatic nitrogens is 3. The predicted molar refractivity (Wildman–Crippen MR) is 83.1 cm³/mol. The maximum absolute atomic E-state index is 12.1. The highest BCUT2D eigenvalue weighted by molar-refractivity contribution is 7.84. The summed E-state index contributed by atoms with van der Waals surface area (Å²) < 4.78 is 13.3. The first-order chi connectivity index (χ1) is 10.6. The van der Waals surface area contributed by atoms with Crippen molar-refractivity contribution in [2.45, 2.75) is 30.3 Å². The summed E-state index contributed by atoms with van der Waals surface area (Å²) in [4.78, 5) is 16.9. The minimum atomic E-state index is -1.07. The lowest BCUT2D eigenvalue weighted by Crippen LogP contribution is -2.43. The molecule has 1 aromatic carbocycles. The molecule has 0 fully saturated rings. The normalized spacial score (nSPS) is 18.3. The molecule has 8 heteroatoms. The molecule has 1 aliphatic rings. The molecule has 7 nitrogen and oxygen atoms in total. The molecule has 0 aliphatic carbocycles. The van der Waals surface area contributed by atoms with Crippen molar-refractivity contribution in [3.63, 3.8) is 0 Å². The third-order valence-electron chi connectivity index (χ3n) is 3.56. The molecule has 0 radical (unpaired) electrons. The van der Waals surface area contributed by atoms with E-state index in [1.54, 1.807) is 30.5 Å². The van der Waals surface area contributed by atoms with Crippen LogP contribution in [0.5, 0.6) is 0 Å². The molecule has 1 aromatic heterocycles. The fourth-order valence-corrected chi connectivity index (χ4v) is 3.02. The Kier molecular flexibility index (Phi) is 4.19. The number of nitrogens with one attached hydrogen (secondary N) is 2. The Balaban J connectivity index is 1.59. The van der Waals surface area contributed by atoms with Gasteiger partial charge in [0.1, 0.15) is 12.2 Å². The van der Waals surface area contributed by atoms with Gasteiger partial charge in [0.2, 0.25) is 0 Å². The Morgan fingerprint density at radius 3 is 3.14 bits per heavy atom. The minimum Gasteiger partial charge on any atom is -0.333 e. The first-order valence-electron chi connectivity index (χ1n) is 6.99. The third-order valence-corrected chi connectivity index (χ3v) is 4.48. The molecule has 2 N–H and O–H groups in total. The molecule has 1 aliphatic heterocycles. The van der Waals surface area contributed by atoms with E-state index in [4.69, 9.17) is 0 Å². The molecule has 2 aromatic rings. The van der Waals surface area contributed by atoms with Gasteiger partial charge in [0, 0.05) is 34.1 Å². The van der Waals surface area contributed by atoms with Gasteiger partial charge in [-0.3, -0.25) is 4.21 Å². The van der Waals surface area contributed by atoms with Crippen LogP contribution in [0.3, 0.4) is 0 Å². The molecule has 0 spiro atoms. The minimum absolute atomic E-state index is 0.0256. The van der Waals surface area contributed by atoms with E-state index in [1.807, 2.05) is 4.68 Å². The summed E-state index contributed by atoms with van der Waals surface area (Å²) in [7, 11) is -1.07. The smallest absolute Gasteiger partial charge is 0.319 e. The second-order valence-corrected chi connectivity index (χ2v) is 6.55. The Bertz CT molecular complexity index is 715. The van der Waals surface area contributed by atoms with Crippen LogP contribution >= 0.6 is 0 Å². The average Bonchev–Trinajstić information content (AvgIpc) is 2.95. The second-order valence-electron chi connectivity index (χ2n) is 5.17. The number of benzene rings is 1. The van der Waals surface area contributed by atoms with Gasteiger partial charge in [0.25, 0.3) is 0 Å². The summed E-state index contributed by atoms with van der Waals surface area (Å²) in [5, 5.41) is 9.83. The van der Waals surface area contributed by atoms with E-state index in [0.29, 0.717) is 17.1 Å². The first-order valence-corrected chi connectivity index (χ1v) is 8.55. The number of aryl methyl sites for hydroxylation is 1. The molecule has 2 heterocycles. The van der Waals surface area contributed by atoms with Gasteiger partial charge in [-0.1, -0.05) is 6.07 Å². The van der Waals surface area contributed by atoms with Gasteiger partial charge in [-0.05, 0) is 24.6 Å². The Hall–Kier alpha value is -2.22. The number of amides is 2. The molecule has 0 saturated heterocycles. The van der Waals surface area contributed by atoms with Gasteiger partial charge >= 0.3 is 6.03 Å². The van der Waals surface area contributed by atoms with E-state index >= 15 is 0 Å². The SMILES string of the molecule is CS(=O)c1cccc(NC(=O)NC2CCc3ncnn3C2)c1. The number of hydrogen-bond acceptors (Lipinski definition) is 4. The van der Waals surface area contributed by atoms with E-state index in [0.717, 1.165) is 18.7 Å². The van der Waals surface area contributed by atoms with Crippen LogP contribution in [0.2, 0.25) is 0 Å². The highest BCUT2D eigenvalue weighted by Gasteiger charge is 2.21. The van der Waals surface area contributed by atoms with Crippen LogP contribution in [0.25, 0.3) is 0 Å². The van der Waals surface area contributed by atoms with Crippen LogP contribution in [0.4, 0.5) is 10.5 Å². The summed E-state index contributed by atoms with van der Waals surface area (Å²) in [6.45, 7) is 0.627. The topological polar surface area (TPSA) is 88.9 Å². The van der Waals surface area contributed by atoms with Crippen LogP contribution in [0, 0.1) is 0 Å². The third kappa shape index (κ3) is 3.33. The van der Waals surface area contributed by atoms with Gasteiger partial charge in [0.05, 0.1) is 12.6 Å². The lowest BCUT2D eigenvalue weighted by Gasteiger charge is -2.23. The quantitative estimate of drug-likeness (QED) is 0.888. The van der Waals surface area contributed by atoms with Crippen LogP contribution < -0.4 is 10.6 Å². The maximum atomic E-state index is 12.1. The van der Waals surface area contributed by atoms with Crippen molar-refractivity contribution in [2.24, 2.45) is 0 Å². The Morgan fingerprint density at radius 1 is 1.45 bits per heavy atom. The molecule has 2 amide bonds. The van der Waals surface area contributed by atoms with E-state index in [9.17, 15) is 9.00 Å². The molecule has 22 heavy (non-hydrogen) atoms. The summed E-state index contributed by atoms with van der Waals surface area (Å²) in [6, 6.07) is 6.78. The van der Waals surface area contributed by atoms with E-state index in [2.05, 4.69) is 20.7 Å². The van der Waals surface area contributed by atoms with E-state index < -0.39 is 10.8 Å². The highest BCUT2D eigenvalue weighted by Crippen LogP contribution is 2.14. The van der Waals surface area contributed by atoms with Gasteiger partial charge in [-0.15, -0.1) is 0 Å². The molecule has 2 atom stereocenters. The number of fused-ring (bicyclic) bond motifs is 1. The maximum Gasteiger partial charge on any atom is 0.319 e. The Morgan fingerprint density at radius 2 is 2.32 bits per heavy atom. The lowest BCUT2D eigenvalue weighted by atomic mass is 10.1. The molecule has 2 unspecified atom stereocenters. The van der Waals surface area contributed by atoms with Crippen LogP contribution in [-0.2, 0) is 23.8 Å². The van der Waals surface area contributed by atoms with Gasteiger partial charge in [-0.25, -0.2) is 14.5 Å². The van der Waals surface area contributed by atoms with Crippen molar-refractivity contribution in [2.75, 3.05) is 11.6 Å². The number of urea groups is 1. The average molecular weight is 319 g/mol. The molecule has 116 valence electrons.